The lowest BCUT2D eigenvalue weighted by atomic mass is 10.1. The van der Waals surface area contributed by atoms with E-state index in [0.717, 1.165) is 11.1 Å². The number of nitriles is 1. The highest BCUT2D eigenvalue weighted by Gasteiger charge is 2.11. The van der Waals surface area contributed by atoms with Crippen LogP contribution in [0.2, 0.25) is 5.02 Å². The first-order valence-corrected chi connectivity index (χ1v) is 8.34. The van der Waals surface area contributed by atoms with Crippen molar-refractivity contribution in [1.29, 1.82) is 5.26 Å². The third-order valence-corrected chi connectivity index (χ3v) is 4.21. The standard InChI is InChI=1S/C20H14ClN3O3/c1-12-17(20(25)26)10-23-19(24-12)14-3-5-16(6-4-14)27-11-13-2-7-18(21)15(8-13)9-22/h2-8,10H,11H2,1H3,(H,25,26). The topological polar surface area (TPSA) is 96.1 Å². The molecule has 1 N–H and O–H groups in total. The Morgan fingerprint density at radius 1 is 1.26 bits per heavy atom. The van der Waals surface area contributed by atoms with E-state index in [2.05, 4.69) is 9.97 Å². The largest absolute Gasteiger partial charge is 0.489 e. The van der Waals surface area contributed by atoms with Gasteiger partial charge in [-0.05, 0) is 48.9 Å². The third kappa shape index (κ3) is 4.22. The molecule has 0 saturated heterocycles. The van der Waals surface area contributed by atoms with Gasteiger partial charge in [0.05, 0.1) is 21.8 Å². The monoisotopic (exact) mass is 379 g/mol. The quantitative estimate of drug-likeness (QED) is 0.711. The van der Waals surface area contributed by atoms with Gasteiger partial charge in [0.15, 0.2) is 5.82 Å². The molecule has 0 spiro atoms. The molecule has 0 bridgehead atoms. The molecule has 0 atom stereocenters. The summed E-state index contributed by atoms with van der Waals surface area (Å²) in [6.07, 6.45) is 1.30. The molecule has 3 aromatic rings. The van der Waals surface area contributed by atoms with E-state index in [0.29, 0.717) is 34.5 Å². The number of carboxylic acids is 1. The predicted molar refractivity (Wildman–Crippen MR) is 99.7 cm³/mol. The second-order valence-electron chi connectivity index (χ2n) is 5.74. The van der Waals surface area contributed by atoms with Gasteiger partial charge in [-0.3, -0.25) is 0 Å². The Balaban J connectivity index is 1.71. The molecule has 0 aliphatic heterocycles. The number of aryl methyl sites for hydroxylation is 1. The summed E-state index contributed by atoms with van der Waals surface area (Å²) in [6, 6.07) is 14.4. The van der Waals surface area contributed by atoms with Crippen LogP contribution in [-0.2, 0) is 6.61 Å². The van der Waals surface area contributed by atoms with Crippen molar-refractivity contribution in [3.63, 3.8) is 0 Å². The zero-order valence-electron chi connectivity index (χ0n) is 14.3. The zero-order chi connectivity index (χ0) is 19.4. The van der Waals surface area contributed by atoms with Crippen LogP contribution in [0.25, 0.3) is 11.4 Å². The Labute approximate surface area is 160 Å². The molecular formula is C20H14ClN3O3. The first-order valence-electron chi connectivity index (χ1n) is 7.96. The fourth-order valence-electron chi connectivity index (χ4n) is 2.43. The van der Waals surface area contributed by atoms with Crippen LogP contribution < -0.4 is 4.74 Å². The number of carbonyl (C=O) groups is 1. The van der Waals surface area contributed by atoms with Crippen LogP contribution in [0.4, 0.5) is 0 Å². The highest BCUT2D eigenvalue weighted by Crippen LogP contribution is 2.22. The number of benzene rings is 2. The number of aromatic carboxylic acids is 1. The number of halogens is 1. The summed E-state index contributed by atoms with van der Waals surface area (Å²) in [5.74, 6) is 0.0380. The second-order valence-corrected chi connectivity index (χ2v) is 6.14. The van der Waals surface area contributed by atoms with E-state index in [4.69, 9.17) is 26.7 Å². The van der Waals surface area contributed by atoms with E-state index < -0.39 is 5.97 Å². The molecule has 134 valence electrons. The molecule has 0 fully saturated rings. The maximum atomic E-state index is 11.0. The molecule has 0 amide bonds. The molecule has 0 aliphatic carbocycles. The van der Waals surface area contributed by atoms with Gasteiger partial charge in [-0.25, -0.2) is 14.8 Å². The first-order chi connectivity index (χ1) is 13.0. The van der Waals surface area contributed by atoms with Crippen LogP contribution in [0.3, 0.4) is 0 Å². The third-order valence-electron chi connectivity index (χ3n) is 3.88. The summed E-state index contributed by atoms with van der Waals surface area (Å²) in [6.45, 7) is 1.93. The van der Waals surface area contributed by atoms with Crippen LogP contribution in [-0.4, -0.2) is 21.0 Å². The minimum Gasteiger partial charge on any atom is -0.489 e. The number of hydrogen-bond donors (Lipinski definition) is 1. The number of aromatic nitrogens is 2. The van der Waals surface area contributed by atoms with E-state index >= 15 is 0 Å². The lowest BCUT2D eigenvalue weighted by molar-refractivity contribution is 0.0695. The Morgan fingerprint density at radius 3 is 2.63 bits per heavy atom. The molecule has 27 heavy (non-hydrogen) atoms. The minimum absolute atomic E-state index is 0.0819. The van der Waals surface area contributed by atoms with E-state index in [1.165, 1.54) is 6.20 Å². The lowest BCUT2D eigenvalue weighted by Crippen LogP contribution is -2.04. The van der Waals surface area contributed by atoms with Crippen molar-refractivity contribution >= 4 is 17.6 Å². The molecule has 3 rings (SSSR count). The average Bonchev–Trinajstić information content (AvgIpc) is 2.67. The summed E-state index contributed by atoms with van der Waals surface area (Å²) >= 11 is 5.92. The van der Waals surface area contributed by atoms with Crippen molar-refractivity contribution in [3.05, 3.63) is 76.1 Å². The molecule has 0 aliphatic rings. The van der Waals surface area contributed by atoms with Crippen LogP contribution in [0.5, 0.6) is 5.75 Å². The Morgan fingerprint density at radius 2 is 2.00 bits per heavy atom. The van der Waals surface area contributed by atoms with Gasteiger partial charge in [0.2, 0.25) is 0 Å². The summed E-state index contributed by atoms with van der Waals surface area (Å²) in [7, 11) is 0. The Bertz CT molecular complexity index is 1040. The lowest BCUT2D eigenvalue weighted by Gasteiger charge is -2.08. The van der Waals surface area contributed by atoms with Crippen molar-refractivity contribution in [3.8, 4) is 23.2 Å². The van der Waals surface area contributed by atoms with Crippen LogP contribution in [0.1, 0.15) is 27.2 Å². The molecule has 6 nitrogen and oxygen atoms in total. The van der Waals surface area contributed by atoms with Crippen LogP contribution in [0.15, 0.2) is 48.7 Å². The summed E-state index contributed by atoms with van der Waals surface area (Å²) in [5, 5.41) is 18.5. The molecular weight excluding hydrogens is 366 g/mol. The van der Waals surface area contributed by atoms with E-state index in [9.17, 15) is 4.79 Å². The molecule has 7 heteroatoms. The van der Waals surface area contributed by atoms with Gasteiger partial charge in [0.1, 0.15) is 18.4 Å². The summed E-state index contributed by atoms with van der Waals surface area (Å²) in [5.41, 5.74) is 2.48. The maximum Gasteiger partial charge on any atom is 0.339 e. The van der Waals surface area contributed by atoms with E-state index in [1.54, 1.807) is 49.4 Å². The molecule has 1 heterocycles. The fourth-order valence-corrected chi connectivity index (χ4v) is 2.59. The van der Waals surface area contributed by atoms with Gasteiger partial charge in [0, 0.05) is 11.8 Å². The minimum atomic E-state index is -1.05. The zero-order valence-corrected chi connectivity index (χ0v) is 15.1. The van der Waals surface area contributed by atoms with E-state index in [-0.39, 0.29) is 5.56 Å². The van der Waals surface area contributed by atoms with Gasteiger partial charge in [-0.1, -0.05) is 17.7 Å². The molecule has 2 aromatic carbocycles. The molecule has 1 aromatic heterocycles. The second kappa shape index (κ2) is 7.85. The normalized spacial score (nSPS) is 10.3. The Kier molecular flexibility index (Phi) is 5.34. The van der Waals surface area contributed by atoms with Crippen molar-refractivity contribution in [2.24, 2.45) is 0 Å². The number of carboxylic acid groups (broad SMARTS) is 1. The van der Waals surface area contributed by atoms with Gasteiger partial charge in [-0.15, -0.1) is 0 Å². The highest BCUT2D eigenvalue weighted by atomic mass is 35.5. The molecule has 0 radical (unpaired) electrons. The van der Waals surface area contributed by atoms with E-state index in [1.807, 2.05) is 6.07 Å². The Hall–Kier alpha value is -3.43. The number of nitrogens with zero attached hydrogens (tertiary/aromatic N) is 3. The maximum absolute atomic E-state index is 11.0. The SMILES string of the molecule is Cc1nc(-c2ccc(OCc3ccc(Cl)c(C#N)c3)cc2)ncc1C(=O)O. The number of rotatable bonds is 5. The number of ether oxygens (including phenoxy) is 1. The van der Waals surface area contributed by atoms with Crippen LogP contribution in [0, 0.1) is 18.3 Å². The first kappa shape index (κ1) is 18.4. The van der Waals surface area contributed by atoms with Crippen molar-refractivity contribution in [2.75, 3.05) is 0 Å². The smallest absolute Gasteiger partial charge is 0.339 e. The van der Waals surface area contributed by atoms with Crippen molar-refractivity contribution in [1.82, 2.24) is 9.97 Å². The fraction of sp³-hybridized carbons (Fsp3) is 0.100. The van der Waals surface area contributed by atoms with Crippen molar-refractivity contribution < 1.29 is 14.6 Å². The molecule has 0 saturated carbocycles. The van der Waals surface area contributed by atoms with Gasteiger partial charge >= 0.3 is 5.97 Å². The van der Waals surface area contributed by atoms with Crippen molar-refractivity contribution in [2.45, 2.75) is 13.5 Å². The molecule has 0 unspecified atom stereocenters. The number of hydrogen-bond acceptors (Lipinski definition) is 5. The predicted octanol–water partition coefficient (Wildman–Crippen LogP) is 4.25. The summed E-state index contributed by atoms with van der Waals surface area (Å²) < 4.78 is 5.73. The average molecular weight is 380 g/mol. The van der Waals surface area contributed by atoms with Gasteiger partial charge in [-0.2, -0.15) is 5.26 Å². The van der Waals surface area contributed by atoms with Gasteiger partial charge < -0.3 is 9.84 Å². The highest BCUT2D eigenvalue weighted by molar-refractivity contribution is 6.31. The van der Waals surface area contributed by atoms with Gasteiger partial charge in [0.25, 0.3) is 0 Å². The summed E-state index contributed by atoms with van der Waals surface area (Å²) in [4.78, 5) is 19.4. The van der Waals surface area contributed by atoms with Crippen LogP contribution >= 0.6 is 11.6 Å².